The predicted molar refractivity (Wildman–Crippen MR) is 108 cm³/mol. The lowest BCUT2D eigenvalue weighted by atomic mass is 9.72. The second-order valence-corrected chi connectivity index (χ2v) is 12.3. The summed E-state index contributed by atoms with van der Waals surface area (Å²) < 4.78 is 23.7. The van der Waals surface area contributed by atoms with Crippen LogP contribution in [0.1, 0.15) is 67.1 Å². The molecule has 2 atom stereocenters. The molecule has 1 amide bonds. The highest BCUT2D eigenvalue weighted by atomic mass is 32.2. The Bertz CT molecular complexity index is 773. The lowest BCUT2D eigenvalue weighted by Crippen LogP contribution is -2.41. The van der Waals surface area contributed by atoms with Gasteiger partial charge in [0.05, 0.1) is 16.4 Å². The van der Waals surface area contributed by atoms with Crippen molar-refractivity contribution in [3.8, 4) is 0 Å². The van der Waals surface area contributed by atoms with E-state index in [1.165, 1.54) is 16.9 Å². The highest BCUT2D eigenvalue weighted by Gasteiger charge is 2.36. The molecule has 0 aromatic carbocycles. The van der Waals surface area contributed by atoms with Crippen LogP contribution in [0.25, 0.3) is 0 Å². The fourth-order valence-corrected chi connectivity index (χ4v) is 7.12. The number of sulfone groups is 1. The van der Waals surface area contributed by atoms with Crippen LogP contribution < -0.4 is 0 Å². The number of thiophene rings is 1. The molecule has 4 nitrogen and oxygen atoms in total. The molecule has 6 heteroatoms. The van der Waals surface area contributed by atoms with Gasteiger partial charge in [0.2, 0.25) is 0 Å². The van der Waals surface area contributed by atoms with Gasteiger partial charge in [0.15, 0.2) is 9.84 Å². The van der Waals surface area contributed by atoms with Gasteiger partial charge in [-0.05, 0) is 55.1 Å². The molecule has 1 aromatic heterocycles. The van der Waals surface area contributed by atoms with Gasteiger partial charge in [-0.1, -0.05) is 27.7 Å². The van der Waals surface area contributed by atoms with Crippen molar-refractivity contribution in [1.29, 1.82) is 0 Å². The summed E-state index contributed by atoms with van der Waals surface area (Å²) in [6, 6.07) is 1.93. The Balaban J connectivity index is 1.80. The quantitative estimate of drug-likeness (QED) is 0.773. The Morgan fingerprint density at radius 1 is 1.31 bits per heavy atom. The number of carbonyl (C=O) groups is 1. The first-order valence-corrected chi connectivity index (χ1v) is 12.4. The highest BCUT2D eigenvalue weighted by molar-refractivity contribution is 7.91. The standard InChI is InChI=1S/C20H31NO3S2/c1-5-9-21(16-8-10-26(23,24)13-16)19(22)18-12-14-11-15(20(2,3)4)6-7-17(14)25-18/h12,15-16H,5-11,13H2,1-4H3. The maximum Gasteiger partial charge on any atom is 0.264 e. The summed E-state index contributed by atoms with van der Waals surface area (Å²) in [6.07, 6.45) is 4.71. The van der Waals surface area contributed by atoms with Gasteiger partial charge in [0.25, 0.3) is 5.91 Å². The second-order valence-electron chi connectivity index (χ2n) is 8.92. The Kier molecular flexibility index (Phi) is 5.55. The maximum atomic E-state index is 13.2. The average molecular weight is 398 g/mol. The van der Waals surface area contributed by atoms with E-state index < -0.39 is 9.84 Å². The monoisotopic (exact) mass is 397 g/mol. The predicted octanol–water partition coefficient (Wildman–Crippen LogP) is 3.94. The zero-order chi connectivity index (χ0) is 19.1. The summed E-state index contributed by atoms with van der Waals surface area (Å²) in [4.78, 5) is 17.1. The minimum atomic E-state index is -2.99. The van der Waals surface area contributed by atoms with Gasteiger partial charge in [0, 0.05) is 17.5 Å². The fourth-order valence-electron chi connectivity index (χ4n) is 4.22. The van der Waals surface area contributed by atoms with Gasteiger partial charge in [-0.2, -0.15) is 0 Å². The minimum absolute atomic E-state index is 0.0284. The van der Waals surface area contributed by atoms with Crippen LogP contribution in [0.2, 0.25) is 0 Å². The lowest BCUT2D eigenvalue weighted by Gasteiger charge is -2.33. The molecule has 1 saturated heterocycles. The third kappa shape index (κ3) is 4.16. The zero-order valence-corrected chi connectivity index (χ0v) is 18.0. The van der Waals surface area contributed by atoms with Crippen LogP contribution in [0.4, 0.5) is 0 Å². The Morgan fingerprint density at radius 2 is 2.04 bits per heavy atom. The molecule has 0 saturated carbocycles. The van der Waals surface area contributed by atoms with Gasteiger partial charge in [-0.3, -0.25) is 4.79 Å². The van der Waals surface area contributed by atoms with E-state index in [2.05, 4.69) is 26.8 Å². The van der Waals surface area contributed by atoms with Crippen molar-refractivity contribution >= 4 is 27.1 Å². The molecule has 1 fully saturated rings. The molecule has 1 aliphatic carbocycles. The van der Waals surface area contributed by atoms with Crippen LogP contribution in [0.15, 0.2) is 6.07 Å². The van der Waals surface area contributed by atoms with E-state index in [0.717, 1.165) is 24.1 Å². The third-order valence-corrected chi connectivity index (χ3v) is 8.87. The molecule has 2 aliphatic rings. The van der Waals surface area contributed by atoms with Crippen molar-refractivity contribution in [2.75, 3.05) is 18.1 Å². The van der Waals surface area contributed by atoms with Crippen LogP contribution in [0, 0.1) is 11.3 Å². The first-order valence-electron chi connectivity index (χ1n) is 9.73. The third-order valence-electron chi connectivity index (χ3n) is 5.89. The molecule has 146 valence electrons. The topological polar surface area (TPSA) is 54.5 Å². The van der Waals surface area contributed by atoms with E-state index in [1.54, 1.807) is 11.3 Å². The molecule has 0 spiro atoms. The van der Waals surface area contributed by atoms with Crippen molar-refractivity contribution in [3.05, 3.63) is 21.4 Å². The average Bonchev–Trinajstić information content (AvgIpc) is 3.13. The summed E-state index contributed by atoms with van der Waals surface area (Å²) in [5.41, 5.74) is 1.62. The number of hydrogen-bond acceptors (Lipinski definition) is 4. The van der Waals surface area contributed by atoms with Crippen LogP contribution in [0.3, 0.4) is 0 Å². The Labute approximate surface area is 161 Å². The maximum absolute atomic E-state index is 13.2. The molecule has 1 aliphatic heterocycles. The molecule has 2 unspecified atom stereocenters. The second kappa shape index (κ2) is 7.27. The first-order chi connectivity index (χ1) is 12.1. The van der Waals surface area contributed by atoms with Crippen LogP contribution in [0.5, 0.6) is 0 Å². The SMILES string of the molecule is CCCN(C(=O)c1cc2c(s1)CCC(C(C)(C)C)C2)C1CCS(=O)(=O)C1. The number of fused-ring (bicyclic) bond motifs is 1. The van der Waals surface area contributed by atoms with Crippen molar-refractivity contribution in [2.45, 2.75) is 65.8 Å². The normalized spacial score (nSPS) is 25.1. The van der Waals surface area contributed by atoms with Crippen LogP contribution in [-0.2, 0) is 22.7 Å². The Hall–Kier alpha value is -0.880. The van der Waals surface area contributed by atoms with Gasteiger partial charge < -0.3 is 4.90 Å². The summed E-state index contributed by atoms with van der Waals surface area (Å²) in [5.74, 6) is 1.01. The Morgan fingerprint density at radius 3 is 2.62 bits per heavy atom. The molecule has 3 rings (SSSR count). The van der Waals surface area contributed by atoms with Gasteiger partial charge >= 0.3 is 0 Å². The lowest BCUT2D eigenvalue weighted by molar-refractivity contribution is 0.0702. The molecule has 0 N–H and O–H groups in total. The fraction of sp³-hybridized carbons (Fsp3) is 0.750. The number of aryl methyl sites for hydroxylation is 1. The van der Waals surface area contributed by atoms with E-state index >= 15 is 0 Å². The minimum Gasteiger partial charge on any atom is -0.334 e. The smallest absolute Gasteiger partial charge is 0.264 e. The van der Waals surface area contributed by atoms with Crippen LogP contribution in [-0.4, -0.2) is 43.3 Å². The molecular formula is C20H31NO3S2. The highest BCUT2D eigenvalue weighted by Crippen LogP contribution is 2.40. The molecule has 2 heterocycles. The van der Waals surface area contributed by atoms with Crippen molar-refractivity contribution in [1.82, 2.24) is 4.90 Å². The number of amides is 1. The van der Waals surface area contributed by atoms with Gasteiger partial charge in [-0.25, -0.2) is 8.42 Å². The zero-order valence-electron chi connectivity index (χ0n) is 16.4. The number of hydrogen-bond donors (Lipinski definition) is 0. The number of nitrogens with zero attached hydrogens (tertiary/aromatic N) is 1. The largest absolute Gasteiger partial charge is 0.334 e. The summed E-state index contributed by atoms with van der Waals surface area (Å²) in [6.45, 7) is 9.56. The molecular weight excluding hydrogens is 366 g/mol. The van der Waals surface area contributed by atoms with Gasteiger partial charge in [0.1, 0.15) is 0 Å². The van der Waals surface area contributed by atoms with E-state index in [9.17, 15) is 13.2 Å². The van der Waals surface area contributed by atoms with E-state index in [0.29, 0.717) is 18.9 Å². The van der Waals surface area contributed by atoms with E-state index in [-0.39, 0.29) is 28.9 Å². The molecule has 0 radical (unpaired) electrons. The van der Waals surface area contributed by atoms with Gasteiger partial charge in [-0.15, -0.1) is 11.3 Å². The summed E-state index contributed by atoms with van der Waals surface area (Å²) >= 11 is 1.63. The van der Waals surface area contributed by atoms with E-state index in [1.807, 2.05) is 11.8 Å². The van der Waals surface area contributed by atoms with Crippen molar-refractivity contribution in [3.63, 3.8) is 0 Å². The molecule has 26 heavy (non-hydrogen) atoms. The number of rotatable bonds is 4. The first kappa shape index (κ1) is 19.9. The van der Waals surface area contributed by atoms with Crippen LogP contribution >= 0.6 is 11.3 Å². The molecule has 0 bridgehead atoms. The summed E-state index contributed by atoms with van der Waals surface area (Å²) in [7, 11) is -2.99. The summed E-state index contributed by atoms with van der Waals surface area (Å²) in [5, 5.41) is 0. The molecule has 1 aromatic rings. The van der Waals surface area contributed by atoms with E-state index in [4.69, 9.17) is 0 Å². The number of carbonyl (C=O) groups excluding carboxylic acids is 1. The van der Waals surface area contributed by atoms with Crippen molar-refractivity contribution < 1.29 is 13.2 Å². The van der Waals surface area contributed by atoms with Crippen molar-refractivity contribution in [2.24, 2.45) is 11.3 Å².